The summed E-state index contributed by atoms with van der Waals surface area (Å²) in [7, 11) is 0. The predicted octanol–water partition coefficient (Wildman–Crippen LogP) is 14.9. The fourth-order valence-corrected chi connectivity index (χ4v) is 8.87. The zero-order valence-corrected chi connectivity index (χ0v) is 35.1. The Bertz CT molecular complexity index is 2080. The van der Waals surface area contributed by atoms with Gasteiger partial charge >= 0.3 is 0 Å². The van der Waals surface area contributed by atoms with Crippen LogP contribution < -0.4 is 4.90 Å². The average molecular weight is 729 g/mol. The molecule has 0 saturated heterocycles. The van der Waals surface area contributed by atoms with Gasteiger partial charge in [-0.1, -0.05) is 153 Å². The van der Waals surface area contributed by atoms with Crippen molar-refractivity contribution in [2.75, 3.05) is 18.0 Å². The van der Waals surface area contributed by atoms with Crippen LogP contribution in [0, 0.1) is 0 Å². The van der Waals surface area contributed by atoms with Gasteiger partial charge in [0.2, 0.25) is 5.69 Å². The molecule has 3 aliphatic rings. The quantitative estimate of drug-likeness (QED) is 0.156. The monoisotopic (exact) mass is 727 g/mol. The number of hydrogen-bond donors (Lipinski definition) is 0. The summed E-state index contributed by atoms with van der Waals surface area (Å²) in [5, 5.41) is 6.26. The molecule has 7 rings (SSSR count). The molecule has 0 amide bonds. The van der Waals surface area contributed by atoms with Crippen molar-refractivity contribution in [3.05, 3.63) is 130 Å². The molecule has 2 nitrogen and oxygen atoms in total. The summed E-state index contributed by atoms with van der Waals surface area (Å²) in [6, 6.07) is 26.9. The Kier molecular flexibility index (Phi) is 13.3. The molecule has 53 heavy (non-hydrogen) atoms. The summed E-state index contributed by atoms with van der Waals surface area (Å²) in [4.78, 5) is 2.57. The van der Waals surface area contributed by atoms with Gasteiger partial charge in [0.15, 0.2) is 5.71 Å². The van der Waals surface area contributed by atoms with Gasteiger partial charge < -0.3 is 4.90 Å². The number of fused-ring (bicyclic) bond motifs is 6. The fourth-order valence-electron chi connectivity index (χ4n) is 8.55. The van der Waals surface area contributed by atoms with E-state index in [0.29, 0.717) is 0 Å². The Labute approximate surface area is 326 Å². The van der Waals surface area contributed by atoms with Gasteiger partial charge in [0.05, 0.1) is 5.41 Å². The molecule has 3 heteroatoms. The van der Waals surface area contributed by atoms with E-state index in [-0.39, 0.29) is 10.8 Å². The largest absolute Gasteiger partial charge is 0.344 e. The topological polar surface area (TPSA) is 6.25 Å². The Hall–Kier alpha value is -3.88. The number of benzene rings is 4. The van der Waals surface area contributed by atoms with Crippen LogP contribution in [0.1, 0.15) is 125 Å². The molecule has 0 saturated carbocycles. The van der Waals surface area contributed by atoms with E-state index in [4.69, 9.17) is 11.6 Å². The van der Waals surface area contributed by atoms with E-state index in [1.54, 1.807) is 0 Å². The highest BCUT2D eigenvalue weighted by molar-refractivity contribution is 6.33. The van der Waals surface area contributed by atoms with Crippen molar-refractivity contribution in [3.8, 4) is 0 Å². The molecule has 0 N–H and O–H groups in total. The first-order valence-corrected chi connectivity index (χ1v) is 20.9. The summed E-state index contributed by atoms with van der Waals surface area (Å²) in [6.45, 7) is 24.4. The summed E-state index contributed by atoms with van der Waals surface area (Å²) in [5.41, 5.74) is 10.6. The van der Waals surface area contributed by atoms with E-state index in [9.17, 15) is 0 Å². The molecule has 0 spiro atoms. The van der Waals surface area contributed by atoms with Crippen LogP contribution in [0.15, 0.2) is 119 Å². The number of allylic oxidation sites excluding steroid dienone is 8. The molecular weight excluding hydrogens is 664 g/mol. The van der Waals surface area contributed by atoms with Gasteiger partial charge in [0, 0.05) is 52.5 Å². The number of halogens is 1. The number of rotatable bonds is 9. The van der Waals surface area contributed by atoms with Crippen molar-refractivity contribution in [1.29, 1.82) is 0 Å². The minimum Gasteiger partial charge on any atom is -0.344 e. The van der Waals surface area contributed by atoms with Crippen LogP contribution in [0.4, 0.5) is 11.4 Å². The highest BCUT2D eigenvalue weighted by atomic mass is 35.5. The van der Waals surface area contributed by atoms with E-state index in [0.717, 1.165) is 43.8 Å². The van der Waals surface area contributed by atoms with Crippen molar-refractivity contribution in [1.82, 2.24) is 0 Å². The van der Waals surface area contributed by atoms with Crippen LogP contribution in [-0.4, -0.2) is 23.4 Å². The first kappa shape index (κ1) is 40.3. The number of unbranched alkanes of at least 4 members (excludes halogenated alkanes) is 2. The highest BCUT2D eigenvalue weighted by Gasteiger charge is 2.45. The standard InChI is InChI=1S/C45H50ClN2.C3H8.C2H6/c1-7-9-29-47-37-25-21-31-15-11-13-17-35(31)41(37)44(3,4)39(47)27-23-33-19-20-34(43(33)46)24-28-40-45(5,6)42-36-18-14-12-16-32(36)22-26-38(42)48(40)30-10-8-2;1-3-2;1-2/h11-18,21-28H,7-10,19-20,29-30H2,1-6H3;3H2,1-2H3;1-2H3/q+1;;. The smallest absolute Gasteiger partial charge is 0.210 e. The summed E-state index contributed by atoms with van der Waals surface area (Å²) >= 11 is 7.23. The predicted molar refractivity (Wildman–Crippen MR) is 236 cm³/mol. The van der Waals surface area contributed by atoms with Gasteiger partial charge in [-0.25, -0.2) is 0 Å². The Balaban J connectivity index is 0.00000103. The van der Waals surface area contributed by atoms with Crippen LogP contribution >= 0.6 is 11.6 Å². The molecule has 0 bridgehead atoms. The SMILES string of the molecule is CC.CCC.CCCCN1/C(=C/C=C2\CCC(/C=C/C3=[N+](CCCC)c4ccc5ccccc5c4C3(C)C)=C2Cl)C(C)(C)c2c1ccc1ccccc21. The van der Waals surface area contributed by atoms with E-state index in [2.05, 4.69) is 162 Å². The van der Waals surface area contributed by atoms with Crippen molar-refractivity contribution in [2.24, 2.45) is 0 Å². The fraction of sp³-hybridized carbons (Fsp3) is 0.420. The number of nitrogens with zero attached hydrogens (tertiary/aromatic N) is 2. The third-order valence-electron chi connectivity index (χ3n) is 11.1. The van der Waals surface area contributed by atoms with Gasteiger partial charge in [-0.3, -0.25) is 0 Å². The second-order valence-electron chi connectivity index (χ2n) is 15.6. The van der Waals surface area contributed by atoms with E-state index >= 15 is 0 Å². The number of hydrogen-bond acceptors (Lipinski definition) is 1. The van der Waals surface area contributed by atoms with Crippen molar-refractivity contribution >= 4 is 50.2 Å². The maximum atomic E-state index is 7.23. The lowest BCUT2D eigenvalue weighted by atomic mass is 9.79. The molecule has 280 valence electrons. The average Bonchev–Trinajstić information content (AvgIpc) is 3.71. The lowest BCUT2D eigenvalue weighted by Crippen LogP contribution is -2.28. The Morgan fingerprint density at radius 3 is 1.94 bits per heavy atom. The number of anilines is 1. The molecule has 2 heterocycles. The lowest BCUT2D eigenvalue weighted by Gasteiger charge is -2.27. The van der Waals surface area contributed by atoms with E-state index < -0.39 is 0 Å². The molecule has 1 aliphatic carbocycles. The van der Waals surface area contributed by atoms with Gasteiger partial charge in [-0.15, -0.1) is 0 Å². The van der Waals surface area contributed by atoms with Crippen molar-refractivity contribution in [3.63, 3.8) is 0 Å². The second kappa shape index (κ2) is 17.5. The maximum absolute atomic E-state index is 7.23. The van der Waals surface area contributed by atoms with Crippen LogP contribution in [0.3, 0.4) is 0 Å². The van der Waals surface area contributed by atoms with Crippen molar-refractivity contribution < 1.29 is 4.58 Å². The molecule has 0 atom stereocenters. The van der Waals surface area contributed by atoms with Crippen molar-refractivity contribution in [2.45, 2.75) is 125 Å². The van der Waals surface area contributed by atoms with E-state index in [1.807, 2.05) is 13.8 Å². The molecule has 0 aromatic heterocycles. The van der Waals surface area contributed by atoms with Gasteiger partial charge in [-0.05, 0) is 89.6 Å². The minimum atomic E-state index is -0.107. The van der Waals surface area contributed by atoms with Crippen LogP contribution in [0.2, 0.25) is 0 Å². The molecule has 0 radical (unpaired) electrons. The molecular formula is C50H64ClN2+. The first-order chi connectivity index (χ1) is 25.6. The van der Waals surface area contributed by atoms with Crippen LogP contribution in [-0.2, 0) is 10.8 Å². The van der Waals surface area contributed by atoms with Gasteiger partial charge in [-0.2, -0.15) is 4.58 Å². The minimum absolute atomic E-state index is 0.107. The van der Waals surface area contributed by atoms with Crippen LogP contribution in [0.25, 0.3) is 21.5 Å². The first-order valence-electron chi connectivity index (χ1n) is 20.5. The van der Waals surface area contributed by atoms with Gasteiger partial charge in [0.25, 0.3) is 0 Å². The third-order valence-corrected chi connectivity index (χ3v) is 11.6. The Morgan fingerprint density at radius 1 is 0.698 bits per heavy atom. The van der Waals surface area contributed by atoms with Gasteiger partial charge in [0.1, 0.15) is 6.54 Å². The van der Waals surface area contributed by atoms with E-state index in [1.165, 1.54) is 85.9 Å². The molecule has 0 unspecified atom stereocenters. The molecule has 0 fully saturated rings. The highest BCUT2D eigenvalue weighted by Crippen LogP contribution is 2.51. The Morgan fingerprint density at radius 2 is 1.30 bits per heavy atom. The maximum Gasteiger partial charge on any atom is 0.210 e. The summed E-state index contributed by atoms with van der Waals surface area (Å²) in [5.74, 6) is 0. The lowest BCUT2D eigenvalue weighted by molar-refractivity contribution is -0.438. The second-order valence-corrected chi connectivity index (χ2v) is 16.0. The zero-order valence-electron chi connectivity index (χ0n) is 34.4. The molecule has 2 aliphatic heterocycles. The third kappa shape index (κ3) is 7.72. The normalized spacial score (nSPS) is 18.6. The zero-order chi connectivity index (χ0) is 38.3. The van der Waals surface area contributed by atoms with Crippen LogP contribution in [0.5, 0.6) is 0 Å². The summed E-state index contributed by atoms with van der Waals surface area (Å²) in [6.07, 6.45) is 17.2. The summed E-state index contributed by atoms with van der Waals surface area (Å²) < 4.78 is 2.57. The molecule has 4 aromatic rings. The molecule has 4 aromatic carbocycles.